The Labute approximate surface area is 154 Å². The molecule has 0 spiro atoms. The number of nitro benzene ring substituents is 1. The van der Waals surface area contributed by atoms with Crippen LogP contribution < -0.4 is 4.31 Å². The van der Waals surface area contributed by atoms with Crippen LogP contribution in [0.1, 0.15) is 12.8 Å². The number of halogens is 1. The third-order valence-electron chi connectivity index (χ3n) is 3.48. The lowest BCUT2D eigenvalue weighted by atomic mass is 10.3. The van der Waals surface area contributed by atoms with Crippen molar-refractivity contribution in [1.29, 1.82) is 0 Å². The van der Waals surface area contributed by atoms with Crippen molar-refractivity contribution in [2.75, 3.05) is 10.8 Å². The fourth-order valence-electron chi connectivity index (χ4n) is 2.25. The Hall–Kier alpha value is -2.65. The molecule has 2 rings (SSSR count). The van der Waals surface area contributed by atoms with Gasteiger partial charge in [-0.05, 0) is 36.8 Å². The van der Waals surface area contributed by atoms with Gasteiger partial charge in [-0.3, -0.25) is 19.2 Å². The topological polar surface area (TPSA) is 118 Å². The van der Waals surface area contributed by atoms with E-state index < -0.39 is 20.9 Å². The zero-order valence-electron chi connectivity index (χ0n) is 13.4. The Morgan fingerprint density at radius 1 is 1.19 bits per heavy atom. The second-order valence-corrected chi connectivity index (χ2v) is 7.60. The number of nitro groups is 1. The third-order valence-corrected chi connectivity index (χ3v) is 5.56. The van der Waals surface area contributed by atoms with Crippen molar-refractivity contribution in [2.24, 2.45) is 0 Å². The molecule has 0 aliphatic heterocycles. The summed E-state index contributed by atoms with van der Waals surface area (Å²) in [4.78, 5) is 20.7. The monoisotopic (exact) mass is 398 g/mol. The number of carboxylic acid groups (broad SMARTS) is 1. The fourth-order valence-corrected chi connectivity index (χ4v) is 3.92. The van der Waals surface area contributed by atoms with Crippen molar-refractivity contribution in [2.45, 2.75) is 17.7 Å². The molecule has 0 atom stereocenters. The average Bonchev–Trinajstić information content (AvgIpc) is 2.59. The molecule has 0 amide bonds. The highest BCUT2D eigenvalue weighted by Crippen LogP contribution is 2.27. The first-order chi connectivity index (χ1) is 12.2. The van der Waals surface area contributed by atoms with Crippen LogP contribution in [0.5, 0.6) is 0 Å². The smallest absolute Gasteiger partial charge is 0.303 e. The quantitative estimate of drug-likeness (QED) is 0.538. The molecule has 0 radical (unpaired) electrons. The van der Waals surface area contributed by atoms with Crippen molar-refractivity contribution in [3.63, 3.8) is 0 Å². The van der Waals surface area contributed by atoms with E-state index in [-0.39, 0.29) is 35.7 Å². The molecular weight excluding hydrogens is 384 g/mol. The molecule has 2 aromatic rings. The minimum Gasteiger partial charge on any atom is -0.481 e. The third kappa shape index (κ3) is 4.70. The Kier molecular flexibility index (Phi) is 6.17. The molecule has 1 N–H and O–H groups in total. The van der Waals surface area contributed by atoms with E-state index in [1.807, 2.05) is 0 Å². The second kappa shape index (κ2) is 8.15. The lowest BCUT2D eigenvalue weighted by Gasteiger charge is -2.24. The van der Waals surface area contributed by atoms with Crippen molar-refractivity contribution in [3.8, 4) is 0 Å². The fraction of sp³-hybridized carbons (Fsp3) is 0.188. The first-order valence-electron chi connectivity index (χ1n) is 7.46. The molecule has 138 valence electrons. The molecule has 0 saturated carbocycles. The van der Waals surface area contributed by atoms with Crippen LogP contribution in [0.15, 0.2) is 53.4 Å². The van der Waals surface area contributed by atoms with Gasteiger partial charge in [-0.1, -0.05) is 17.7 Å². The number of hydrogen-bond acceptors (Lipinski definition) is 5. The average molecular weight is 399 g/mol. The van der Waals surface area contributed by atoms with Crippen molar-refractivity contribution in [1.82, 2.24) is 0 Å². The summed E-state index contributed by atoms with van der Waals surface area (Å²) >= 11 is 5.83. The molecule has 0 aliphatic carbocycles. The van der Waals surface area contributed by atoms with Crippen LogP contribution in [-0.4, -0.2) is 31.0 Å². The molecule has 26 heavy (non-hydrogen) atoms. The highest BCUT2D eigenvalue weighted by Gasteiger charge is 2.26. The molecule has 0 aliphatic rings. The van der Waals surface area contributed by atoms with E-state index in [1.54, 1.807) is 0 Å². The lowest BCUT2D eigenvalue weighted by Crippen LogP contribution is -2.32. The summed E-state index contributed by atoms with van der Waals surface area (Å²) < 4.78 is 27.0. The second-order valence-electron chi connectivity index (χ2n) is 5.31. The van der Waals surface area contributed by atoms with E-state index >= 15 is 0 Å². The van der Waals surface area contributed by atoms with Gasteiger partial charge in [0.25, 0.3) is 15.7 Å². The summed E-state index contributed by atoms with van der Waals surface area (Å²) in [7, 11) is -4.13. The Morgan fingerprint density at radius 2 is 1.85 bits per heavy atom. The van der Waals surface area contributed by atoms with Crippen LogP contribution in [0.4, 0.5) is 11.4 Å². The molecule has 0 heterocycles. The van der Waals surface area contributed by atoms with Crippen molar-refractivity contribution in [3.05, 3.63) is 63.7 Å². The molecule has 0 bridgehead atoms. The Balaban J connectivity index is 2.44. The lowest BCUT2D eigenvalue weighted by molar-refractivity contribution is -0.385. The van der Waals surface area contributed by atoms with Gasteiger partial charge in [0.15, 0.2) is 0 Å². The van der Waals surface area contributed by atoms with Crippen LogP contribution in [0.2, 0.25) is 5.02 Å². The van der Waals surface area contributed by atoms with E-state index in [0.717, 1.165) is 10.4 Å². The van der Waals surface area contributed by atoms with Crippen molar-refractivity contribution < 1.29 is 23.2 Å². The predicted octanol–water partition coefficient (Wildman–Crippen LogP) is 3.31. The van der Waals surface area contributed by atoms with Crippen molar-refractivity contribution >= 4 is 39.0 Å². The molecule has 0 saturated heterocycles. The maximum Gasteiger partial charge on any atom is 0.303 e. The maximum atomic E-state index is 13.0. The van der Waals surface area contributed by atoms with Gasteiger partial charge < -0.3 is 5.11 Å². The summed E-state index contributed by atoms with van der Waals surface area (Å²) in [5, 5.41) is 20.1. The number of sulfonamides is 1. The highest BCUT2D eigenvalue weighted by molar-refractivity contribution is 7.92. The van der Waals surface area contributed by atoms with Crippen LogP contribution in [-0.2, 0) is 14.8 Å². The van der Waals surface area contributed by atoms with E-state index in [9.17, 15) is 23.3 Å². The van der Waals surface area contributed by atoms with E-state index in [0.29, 0.717) is 5.02 Å². The van der Waals surface area contributed by atoms with Crippen LogP contribution in [0, 0.1) is 10.1 Å². The van der Waals surface area contributed by atoms with Gasteiger partial charge in [0.2, 0.25) is 0 Å². The Bertz CT molecular complexity index is 915. The minimum absolute atomic E-state index is 0.0755. The normalized spacial score (nSPS) is 11.1. The van der Waals surface area contributed by atoms with E-state index in [1.165, 1.54) is 42.5 Å². The van der Waals surface area contributed by atoms with Crippen LogP contribution in [0.25, 0.3) is 0 Å². The summed E-state index contributed by atoms with van der Waals surface area (Å²) in [5.74, 6) is -1.05. The summed E-state index contributed by atoms with van der Waals surface area (Å²) in [5.41, 5.74) is -0.0704. The number of benzene rings is 2. The molecule has 8 nitrogen and oxygen atoms in total. The zero-order valence-corrected chi connectivity index (χ0v) is 15.0. The van der Waals surface area contributed by atoms with Crippen LogP contribution >= 0.6 is 11.6 Å². The van der Waals surface area contributed by atoms with E-state index in [2.05, 4.69) is 0 Å². The standard InChI is InChI=1S/C16H15ClN2O6S/c17-12-6-8-13(9-7-12)18(10-2-5-16(20)21)26(24,25)15-4-1-3-14(11-15)19(22)23/h1,3-4,6-9,11H,2,5,10H2,(H,20,21). The van der Waals surface area contributed by atoms with Gasteiger partial charge in [0.1, 0.15) is 0 Å². The summed E-state index contributed by atoms with van der Waals surface area (Å²) in [6.07, 6.45) is -0.138. The number of carbonyl (C=O) groups is 1. The zero-order chi connectivity index (χ0) is 19.3. The van der Waals surface area contributed by atoms with Gasteiger partial charge in [0.05, 0.1) is 15.5 Å². The van der Waals surface area contributed by atoms with Gasteiger partial charge in [0, 0.05) is 30.1 Å². The Morgan fingerprint density at radius 3 is 2.42 bits per heavy atom. The van der Waals surface area contributed by atoms with Gasteiger partial charge in [-0.2, -0.15) is 0 Å². The molecule has 10 heteroatoms. The van der Waals surface area contributed by atoms with Gasteiger partial charge in [-0.15, -0.1) is 0 Å². The molecule has 0 aromatic heterocycles. The van der Waals surface area contributed by atoms with Gasteiger partial charge in [-0.25, -0.2) is 8.42 Å². The number of non-ortho nitro benzene ring substituents is 1. The number of rotatable bonds is 8. The molecule has 0 fully saturated rings. The highest BCUT2D eigenvalue weighted by atomic mass is 35.5. The number of anilines is 1. The predicted molar refractivity (Wildman–Crippen MR) is 96.0 cm³/mol. The van der Waals surface area contributed by atoms with Gasteiger partial charge >= 0.3 is 5.97 Å². The summed E-state index contributed by atoms with van der Waals surface area (Å²) in [6, 6.07) is 10.7. The van der Waals surface area contributed by atoms with E-state index in [4.69, 9.17) is 16.7 Å². The number of nitrogens with zero attached hydrogens (tertiary/aromatic N) is 2. The van der Waals surface area contributed by atoms with Crippen LogP contribution in [0.3, 0.4) is 0 Å². The summed E-state index contributed by atoms with van der Waals surface area (Å²) in [6.45, 7) is -0.0983. The maximum absolute atomic E-state index is 13.0. The number of hydrogen-bond donors (Lipinski definition) is 1. The molecule has 2 aromatic carbocycles. The SMILES string of the molecule is O=C(O)CCCN(c1ccc(Cl)cc1)S(=O)(=O)c1cccc([N+](=O)[O-])c1. The molecule has 0 unspecified atom stereocenters. The number of carboxylic acids is 1. The largest absolute Gasteiger partial charge is 0.481 e. The molecular formula is C16H15ClN2O6S. The number of aliphatic carboxylic acids is 1. The first kappa shape index (κ1) is 19.7. The minimum atomic E-state index is -4.13. The first-order valence-corrected chi connectivity index (χ1v) is 9.28.